The molecule has 7 heteroatoms. The van der Waals surface area contributed by atoms with Gasteiger partial charge in [0.1, 0.15) is 11.6 Å². The van der Waals surface area contributed by atoms with E-state index < -0.39 is 0 Å². The Morgan fingerprint density at radius 1 is 1.32 bits per heavy atom. The maximum atomic E-state index is 12.5. The Bertz CT molecular complexity index is 595. The fourth-order valence-corrected chi connectivity index (χ4v) is 4.22. The van der Waals surface area contributed by atoms with Gasteiger partial charge in [-0.2, -0.15) is 11.8 Å². The third-order valence-electron chi connectivity index (χ3n) is 4.75. The molecular formula is C18H29N5OS. The van der Waals surface area contributed by atoms with Crippen LogP contribution in [0.25, 0.3) is 0 Å². The van der Waals surface area contributed by atoms with Crippen molar-refractivity contribution in [3.8, 4) is 0 Å². The molecule has 0 spiro atoms. The smallest absolute Gasteiger partial charge is 0.224 e. The monoisotopic (exact) mass is 363 g/mol. The van der Waals surface area contributed by atoms with Gasteiger partial charge in [0, 0.05) is 74.4 Å². The minimum atomic E-state index is 0.279. The summed E-state index contributed by atoms with van der Waals surface area (Å²) in [7, 11) is 0. The lowest BCUT2D eigenvalue weighted by Crippen LogP contribution is -2.51. The zero-order valence-electron chi connectivity index (χ0n) is 15.5. The number of hydrogen-bond donors (Lipinski definition) is 1. The zero-order chi connectivity index (χ0) is 17.8. The van der Waals surface area contributed by atoms with E-state index in [0.717, 1.165) is 61.6 Å². The molecular weight excluding hydrogens is 334 g/mol. The second kappa shape index (κ2) is 8.36. The van der Waals surface area contributed by atoms with Crippen molar-refractivity contribution < 1.29 is 4.79 Å². The van der Waals surface area contributed by atoms with Gasteiger partial charge in [-0.25, -0.2) is 9.97 Å². The molecule has 0 bridgehead atoms. The van der Waals surface area contributed by atoms with Gasteiger partial charge in [0.05, 0.1) is 0 Å². The van der Waals surface area contributed by atoms with Crippen LogP contribution in [-0.4, -0.2) is 71.0 Å². The van der Waals surface area contributed by atoms with E-state index in [-0.39, 0.29) is 5.91 Å². The molecule has 6 nitrogen and oxygen atoms in total. The summed E-state index contributed by atoms with van der Waals surface area (Å²) in [5, 5.41) is 3.45. The first-order valence-electron chi connectivity index (χ1n) is 9.22. The van der Waals surface area contributed by atoms with Crippen molar-refractivity contribution in [2.24, 2.45) is 0 Å². The van der Waals surface area contributed by atoms with Crippen LogP contribution in [-0.2, 0) is 4.79 Å². The van der Waals surface area contributed by atoms with Gasteiger partial charge in [-0.1, -0.05) is 13.8 Å². The van der Waals surface area contributed by atoms with E-state index in [1.165, 1.54) is 0 Å². The number of thioether (sulfide) groups is 1. The van der Waals surface area contributed by atoms with E-state index in [2.05, 4.69) is 29.0 Å². The standard InChI is InChI=1S/C18H29N5OS/c1-13(2)18-20-14(3)10-16(21-18)22-5-7-23(8-6-22)17(24)11-15-12-25-9-4-19-15/h10,13,15,19H,4-9,11-12H2,1-3H3. The highest BCUT2D eigenvalue weighted by molar-refractivity contribution is 7.99. The van der Waals surface area contributed by atoms with Crippen molar-refractivity contribution in [1.29, 1.82) is 0 Å². The van der Waals surface area contributed by atoms with Gasteiger partial charge in [0.15, 0.2) is 0 Å². The fraction of sp³-hybridized carbons (Fsp3) is 0.722. The molecule has 1 aromatic rings. The second-order valence-electron chi connectivity index (χ2n) is 7.18. The van der Waals surface area contributed by atoms with E-state index in [1.807, 2.05) is 29.7 Å². The predicted octanol–water partition coefficient (Wildman–Crippen LogP) is 1.65. The van der Waals surface area contributed by atoms with Gasteiger partial charge in [-0.15, -0.1) is 0 Å². The molecule has 1 unspecified atom stereocenters. The van der Waals surface area contributed by atoms with Crippen LogP contribution in [0, 0.1) is 6.92 Å². The molecule has 2 aliphatic heterocycles. The number of nitrogens with zero attached hydrogens (tertiary/aromatic N) is 4. The lowest BCUT2D eigenvalue weighted by Gasteiger charge is -2.36. The largest absolute Gasteiger partial charge is 0.353 e. The van der Waals surface area contributed by atoms with Gasteiger partial charge in [-0.05, 0) is 6.92 Å². The van der Waals surface area contributed by atoms with E-state index in [1.54, 1.807) is 0 Å². The molecule has 0 aromatic carbocycles. The zero-order valence-corrected chi connectivity index (χ0v) is 16.3. The number of piperazine rings is 1. The van der Waals surface area contributed by atoms with Crippen LogP contribution < -0.4 is 10.2 Å². The number of carbonyl (C=O) groups excluding carboxylic acids is 1. The summed E-state index contributed by atoms with van der Waals surface area (Å²) in [6, 6.07) is 2.38. The maximum absolute atomic E-state index is 12.5. The second-order valence-corrected chi connectivity index (χ2v) is 8.33. The topological polar surface area (TPSA) is 61.4 Å². The first-order valence-corrected chi connectivity index (χ1v) is 10.4. The molecule has 1 amide bonds. The molecule has 138 valence electrons. The van der Waals surface area contributed by atoms with Crippen LogP contribution >= 0.6 is 11.8 Å². The number of aryl methyl sites for hydroxylation is 1. The Balaban J connectivity index is 1.55. The molecule has 2 aliphatic rings. The third-order valence-corrected chi connectivity index (χ3v) is 5.88. The van der Waals surface area contributed by atoms with Crippen LogP contribution in [0.5, 0.6) is 0 Å². The third kappa shape index (κ3) is 4.85. The first kappa shape index (κ1) is 18.5. The van der Waals surface area contributed by atoms with Gasteiger partial charge >= 0.3 is 0 Å². The van der Waals surface area contributed by atoms with Gasteiger partial charge < -0.3 is 15.1 Å². The molecule has 0 saturated carbocycles. The number of nitrogens with one attached hydrogen (secondary N) is 1. The molecule has 1 atom stereocenters. The van der Waals surface area contributed by atoms with Crippen molar-refractivity contribution in [2.45, 2.75) is 39.2 Å². The van der Waals surface area contributed by atoms with E-state index in [4.69, 9.17) is 4.98 Å². The normalized spacial score (nSPS) is 21.7. The highest BCUT2D eigenvalue weighted by atomic mass is 32.2. The molecule has 1 aromatic heterocycles. The Morgan fingerprint density at radius 3 is 2.72 bits per heavy atom. The van der Waals surface area contributed by atoms with Crippen molar-refractivity contribution in [1.82, 2.24) is 20.2 Å². The van der Waals surface area contributed by atoms with Crippen LogP contribution in [0.15, 0.2) is 6.07 Å². The van der Waals surface area contributed by atoms with Crippen molar-refractivity contribution in [3.05, 3.63) is 17.6 Å². The van der Waals surface area contributed by atoms with Crippen LogP contribution in [0.3, 0.4) is 0 Å². The Morgan fingerprint density at radius 2 is 2.08 bits per heavy atom. The molecule has 3 rings (SSSR count). The lowest BCUT2D eigenvalue weighted by molar-refractivity contribution is -0.131. The molecule has 2 fully saturated rings. The number of rotatable bonds is 4. The highest BCUT2D eigenvalue weighted by Crippen LogP contribution is 2.19. The number of hydrogen-bond acceptors (Lipinski definition) is 6. The van der Waals surface area contributed by atoms with E-state index in [0.29, 0.717) is 18.4 Å². The summed E-state index contributed by atoms with van der Waals surface area (Å²) in [5.74, 6) is 4.69. The summed E-state index contributed by atoms with van der Waals surface area (Å²) < 4.78 is 0. The number of anilines is 1. The highest BCUT2D eigenvalue weighted by Gasteiger charge is 2.25. The van der Waals surface area contributed by atoms with E-state index in [9.17, 15) is 4.79 Å². The average Bonchev–Trinajstić information content (AvgIpc) is 2.62. The fourth-order valence-electron chi connectivity index (χ4n) is 3.27. The minimum Gasteiger partial charge on any atom is -0.353 e. The summed E-state index contributed by atoms with van der Waals surface area (Å²) in [4.78, 5) is 26.1. The Labute approximate surface area is 154 Å². The van der Waals surface area contributed by atoms with Gasteiger partial charge in [-0.3, -0.25) is 4.79 Å². The SMILES string of the molecule is Cc1cc(N2CCN(C(=O)CC3CSCCN3)CC2)nc(C(C)C)n1. The van der Waals surface area contributed by atoms with Crippen molar-refractivity contribution in [3.63, 3.8) is 0 Å². The van der Waals surface area contributed by atoms with Crippen molar-refractivity contribution >= 4 is 23.5 Å². The number of amides is 1. The Kier molecular flexibility index (Phi) is 6.17. The average molecular weight is 364 g/mol. The maximum Gasteiger partial charge on any atom is 0.224 e. The van der Waals surface area contributed by atoms with Crippen LogP contribution in [0.1, 0.15) is 37.7 Å². The number of aromatic nitrogens is 2. The molecule has 25 heavy (non-hydrogen) atoms. The molecule has 2 saturated heterocycles. The summed E-state index contributed by atoms with van der Waals surface area (Å²) in [5.41, 5.74) is 1.01. The molecule has 1 N–H and O–H groups in total. The first-order chi connectivity index (χ1) is 12.0. The van der Waals surface area contributed by atoms with E-state index >= 15 is 0 Å². The molecule has 3 heterocycles. The quantitative estimate of drug-likeness (QED) is 0.878. The minimum absolute atomic E-state index is 0.279. The van der Waals surface area contributed by atoms with Gasteiger partial charge in [0.2, 0.25) is 5.91 Å². The summed E-state index contributed by atoms with van der Waals surface area (Å²) in [6.45, 7) is 10.5. The van der Waals surface area contributed by atoms with Crippen molar-refractivity contribution in [2.75, 3.05) is 49.1 Å². The molecule has 0 aliphatic carbocycles. The predicted molar refractivity (Wildman–Crippen MR) is 103 cm³/mol. The summed E-state index contributed by atoms with van der Waals surface area (Å²) >= 11 is 1.94. The summed E-state index contributed by atoms with van der Waals surface area (Å²) in [6.07, 6.45) is 0.622. The Hall–Kier alpha value is -1.34. The lowest BCUT2D eigenvalue weighted by atomic mass is 10.2. The van der Waals surface area contributed by atoms with Gasteiger partial charge in [0.25, 0.3) is 0 Å². The number of carbonyl (C=O) groups is 1. The van der Waals surface area contributed by atoms with Crippen LogP contribution in [0.4, 0.5) is 5.82 Å². The molecule has 0 radical (unpaired) electrons. The van der Waals surface area contributed by atoms with Crippen LogP contribution in [0.2, 0.25) is 0 Å².